The molecule has 0 atom stereocenters. The zero-order valence-corrected chi connectivity index (χ0v) is 15.5. The molecule has 0 aliphatic heterocycles. The van der Waals surface area contributed by atoms with Crippen molar-refractivity contribution in [3.8, 4) is 0 Å². The first-order valence-electron chi connectivity index (χ1n) is 7.80. The number of hydrogen-bond acceptors (Lipinski definition) is 4. The van der Waals surface area contributed by atoms with Gasteiger partial charge in [0, 0.05) is 12.6 Å². The molecule has 2 aromatic carbocycles. The Bertz CT molecular complexity index is 916. The minimum absolute atomic E-state index is 0.0630. The highest BCUT2D eigenvalue weighted by molar-refractivity contribution is 7.92. The van der Waals surface area contributed by atoms with Gasteiger partial charge in [0.25, 0.3) is 10.0 Å². The van der Waals surface area contributed by atoms with Crippen LogP contribution < -0.4 is 9.62 Å². The molecule has 2 N–H and O–H groups in total. The fourth-order valence-electron chi connectivity index (χ4n) is 2.57. The van der Waals surface area contributed by atoms with Gasteiger partial charge in [0.2, 0.25) is 5.91 Å². The topological polar surface area (TPSA) is 104 Å². The first-order chi connectivity index (χ1) is 12.1. The molecule has 0 spiro atoms. The van der Waals surface area contributed by atoms with Crippen LogP contribution in [0.1, 0.15) is 18.1 Å². The number of carboxylic acids is 1. The molecule has 2 aromatic rings. The van der Waals surface area contributed by atoms with Crippen molar-refractivity contribution < 1.29 is 23.1 Å². The Labute approximate surface area is 152 Å². The van der Waals surface area contributed by atoms with E-state index in [4.69, 9.17) is 0 Å². The van der Waals surface area contributed by atoms with Crippen LogP contribution in [0.3, 0.4) is 0 Å². The van der Waals surface area contributed by atoms with Crippen molar-refractivity contribution in [3.63, 3.8) is 0 Å². The zero-order chi connectivity index (χ0) is 19.5. The molecule has 26 heavy (non-hydrogen) atoms. The fourth-order valence-corrected chi connectivity index (χ4v) is 3.97. The van der Waals surface area contributed by atoms with E-state index in [9.17, 15) is 23.1 Å². The van der Waals surface area contributed by atoms with Crippen LogP contribution in [-0.4, -0.2) is 31.9 Å². The van der Waals surface area contributed by atoms with Gasteiger partial charge in [-0.25, -0.2) is 8.42 Å². The van der Waals surface area contributed by atoms with E-state index in [1.54, 1.807) is 12.1 Å². The smallest absolute Gasteiger partial charge is 0.324 e. The molecule has 0 unspecified atom stereocenters. The van der Waals surface area contributed by atoms with E-state index in [-0.39, 0.29) is 16.5 Å². The maximum absolute atomic E-state index is 13.0. The first kappa shape index (κ1) is 19.5. The van der Waals surface area contributed by atoms with Gasteiger partial charge in [-0.15, -0.1) is 0 Å². The fraction of sp³-hybridized carbons (Fsp3) is 0.222. The predicted molar refractivity (Wildman–Crippen MR) is 98.8 cm³/mol. The number of amides is 1. The molecular formula is C18H20N2O5S. The molecule has 1 amide bonds. The van der Waals surface area contributed by atoms with Crippen LogP contribution in [0, 0.1) is 13.8 Å². The van der Waals surface area contributed by atoms with Gasteiger partial charge in [0.1, 0.15) is 6.54 Å². The lowest BCUT2D eigenvalue weighted by atomic mass is 10.1. The van der Waals surface area contributed by atoms with E-state index < -0.39 is 22.5 Å². The number of sulfonamides is 1. The summed E-state index contributed by atoms with van der Waals surface area (Å²) in [5.74, 6) is -1.54. The first-order valence-corrected chi connectivity index (χ1v) is 9.24. The molecule has 0 aromatic heterocycles. The lowest BCUT2D eigenvalue weighted by molar-refractivity contribution is -0.135. The number of hydrogen-bond donors (Lipinski definition) is 2. The van der Waals surface area contributed by atoms with Crippen molar-refractivity contribution >= 4 is 33.3 Å². The molecule has 2 rings (SSSR count). The number of carboxylic acid groups (broad SMARTS) is 1. The van der Waals surface area contributed by atoms with Gasteiger partial charge in [-0.2, -0.15) is 0 Å². The number of rotatable bonds is 6. The Morgan fingerprint density at radius 3 is 2.04 bits per heavy atom. The van der Waals surface area contributed by atoms with E-state index in [1.165, 1.54) is 31.2 Å². The van der Waals surface area contributed by atoms with E-state index >= 15 is 0 Å². The molecule has 0 radical (unpaired) electrons. The highest BCUT2D eigenvalue weighted by atomic mass is 32.2. The normalized spacial score (nSPS) is 11.0. The summed E-state index contributed by atoms with van der Waals surface area (Å²) in [5.41, 5.74) is 2.39. The summed E-state index contributed by atoms with van der Waals surface area (Å²) in [4.78, 5) is 22.3. The van der Waals surface area contributed by atoms with Crippen LogP contribution >= 0.6 is 0 Å². The lowest BCUT2D eigenvalue weighted by Crippen LogP contribution is -2.35. The van der Waals surface area contributed by atoms with Gasteiger partial charge in [-0.3, -0.25) is 13.9 Å². The second-order valence-corrected chi connectivity index (χ2v) is 7.82. The quantitative estimate of drug-likeness (QED) is 0.806. The van der Waals surface area contributed by atoms with Crippen LogP contribution in [0.2, 0.25) is 0 Å². The number of anilines is 2. The molecule has 138 valence electrons. The number of carbonyl (C=O) groups is 2. The van der Waals surface area contributed by atoms with E-state index in [0.29, 0.717) is 5.69 Å². The number of carbonyl (C=O) groups excluding carboxylic acids is 1. The Kier molecular flexibility index (Phi) is 5.66. The summed E-state index contributed by atoms with van der Waals surface area (Å²) in [5, 5.41) is 11.7. The van der Waals surface area contributed by atoms with Crippen molar-refractivity contribution in [2.24, 2.45) is 0 Å². The molecule has 0 aliphatic rings. The summed E-state index contributed by atoms with van der Waals surface area (Å²) in [6.07, 6.45) is 0. The molecule has 0 saturated heterocycles. The second-order valence-electron chi connectivity index (χ2n) is 5.96. The minimum Gasteiger partial charge on any atom is -0.480 e. The van der Waals surface area contributed by atoms with Crippen molar-refractivity contribution in [1.82, 2.24) is 0 Å². The summed E-state index contributed by atoms with van der Waals surface area (Å²) >= 11 is 0. The van der Waals surface area contributed by atoms with Gasteiger partial charge in [0.15, 0.2) is 0 Å². The van der Waals surface area contributed by atoms with Crippen LogP contribution in [0.25, 0.3) is 0 Å². The molecule has 0 aliphatic carbocycles. The monoisotopic (exact) mass is 376 g/mol. The van der Waals surface area contributed by atoms with Crippen LogP contribution in [0.15, 0.2) is 47.4 Å². The van der Waals surface area contributed by atoms with Crippen LogP contribution in [-0.2, 0) is 19.6 Å². The van der Waals surface area contributed by atoms with Gasteiger partial charge in [-0.1, -0.05) is 6.07 Å². The zero-order valence-electron chi connectivity index (χ0n) is 14.7. The summed E-state index contributed by atoms with van der Waals surface area (Å²) < 4.78 is 26.9. The predicted octanol–water partition coefficient (Wildman–Crippen LogP) is 2.54. The van der Waals surface area contributed by atoms with E-state index in [2.05, 4.69) is 5.32 Å². The van der Waals surface area contributed by atoms with Crippen molar-refractivity contribution in [3.05, 3.63) is 53.6 Å². The molecule has 8 heteroatoms. The molecule has 0 bridgehead atoms. The van der Waals surface area contributed by atoms with Gasteiger partial charge in [-0.05, 0) is 61.4 Å². The molecule has 0 heterocycles. The lowest BCUT2D eigenvalue weighted by Gasteiger charge is -2.23. The van der Waals surface area contributed by atoms with Crippen molar-refractivity contribution in [2.45, 2.75) is 25.7 Å². The minimum atomic E-state index is -4.09. The van der Waals surface area contributed by atoms with Gasteiger partial charge in [0.05, 0.1) is 10.6 Å². The third kappa shape index (κ3) is 4.60. The van der Waals surface area contributed by atoms with E-state index in [0.717, 1.165) is 15.4 Å². The molecule has 0 fully saturated rings. The largest absolute Gasteiger partial charge is 0.480 e. The number of nitrogens with one attached hydrogen (secondary N) is 1. The highest BCUT2D eigenvalue weighted by Gasteiger charge is 2.27. The maximum Gasteiger partial charge on any atom is 0.324 e. The standard InChI is InChI=1S/C18H20N2O5S/c1-12-8-13(2)10-16(9-12)20(11-18(22)23)26(24,25)17-6-4-15(5-7-17)19-14(3)21/h4-10H,11H2,1-3H3,(H,19,21)(H,22,23). The summed E-state index contributed by atoms with van der Waals surface area (Å²) in [6, 6.07) is 10.7. The summed E-state index contributed by atoms with van der Waals surface area (Å²) in [7, 11) is -4.09. The van der Waals surface area contributed by atoms with Crippen LogP contribution in [0.5, 0.6) is 0 Å². The molecular weight excluding hydrogens is 356 g/mol. The van der Waals surface area contributed by atoms with Gasteiger partial charge >= 0.3 is 5.97 Å². The SMILES string of the molecule is CC(=O)Nc1ccc(S(=O)(=O)N(CC(=O)O)c2cc(C)cc(C)c2)cc1. The number of benzene rings is 2. The third-order valence-electron chi connectivity index (χ3n) is 3.54. The Morgan fingerprint density at radius 2 is 1.58 bits per heavy atom. The maximum atomic E-state index is 13.0. The average Bonchev–Trinajstić information content (AvgIpc) is 2.51. The highest BCUT2D eigenvalue weighted by Crippen LogP contribution is 2.26. The van der Waals surface area contributed by atoms with Crippen LogP contribution in [0.4, 0.5) is 11.4 Å². The Balaban J connectivity index is 2.48. The third-order valence-corrected chi connectivity index (χ3v) is 5.32. The Hall–Kier alpha value is -2.87. The Morgan fingerprint density at radius 1 is 1.04 bits per heavy atom. The van der Waals surface area contributed by atoms with Crippen molar-refractivity contribution in [1.29, 1.82) is 0 Å². The van der Waals surface area contributed by atoms with E-state index in [1.807, 2.05) is 19.9 Å². The number of aliphatic carboxylic acids is 1. The van der Waals surface area contributed by atoms with Gasteiger partial charge < -0.3 is 10.4 Å². The molecule has 7 nitrogen and oxygen atoms in total. The summed E-state index contributed by atoms with van der Waals surface area (Å²) in [6.45, 7) is 4.27. The molecule has 0 saturated carbocycles. The number of nitrogens with zero attached hydrogens (tertiary/aromatic N) is 1. The second kappa shape index (κ2) is 7.57. The number of aryl methyl sites for hydroxylation is 2. The average molecular weight is 376 g/mol. The van der Waals surface area contributed by atoms with Crippen molar-refractivity contribution in [2.75, 3.05) is 16.2 Å².